The number of rotatable bonds is 7. The normalized spacial score (nSPS) is 14.7. The molecule has 1 fully saturated rings. The summed E-state index contributed by atoms with van der Waals surface area (Å²) in [6.07, 6.45) is 3.92. The summed E-state index contributed by atoms with van der Waals surface area (Å²) in [6.45, 7) is 8.51. The summed E-state index contributed by atoms with van der Waals surface area (Å²) in [5, 5.41) is 9.00. The molecule has 0 atom stereocenters. The van der Waals surface area contributed by atoms with Gasteiger partial charge in [0.1, 0.15) is 5.82 Å². The Morgan fingerprint density at radius 1 is 0.941 bits per heavy atom. The highest BCUT2D eigenvalue weighted by Crippen LogP contribution is 2.33. The van der Waals surface area contributed by atoms with E-state index in [1.54, 1.807) is 4.68 Å². The number of likely N-dealkylation sites (tertiary alicyclic amines) is 1. The molecule has 0 spiro atoms. The van der Waals surface area contributed by atoms with Gasteiger partial charge in [-0.25, -0.2) is 9.67 Å². The first-order valence-corrected chi connectivity index (χ1v) is 12.3. The fourth-order valence-electron chi connectivity index (χ4n) is 4.60. The van der Waals surface area contributed by atoms with Crippen LogP contribution in [0.1, 0.15) is 44.6 Å². The molecule has 5 rings (SSSR count). The molecule has 3 heterocycles. The molecule has 0 aliphatic carbocycles. The molecule has 4 aromatic rings. The lowest BCUT2D eigenvalue weighted by Gasteiger charge is -2.26. The van der Waals surface area contributed by atoms with Gasteiger partial charge in [0.05, 0.1) is 16.8 Å². The van der Waals surface area contributed by atoms with Gasteiger partial charge in [0.25, 0.3) is 0 Å². The monoisotopic (exact) mass is 455 g/mol. The Morgan fingerprint density at radius 3 is 2.38 bits per heavy atom. The van der Waals surface area contributed by atoms with E-state index in [4.69, 9.17) is 20.8 Å². The lowest BCUT2D eigenvalue weighted by atomic mass is 10.0. The Morgan fingerprint density at radius 2 is 1.68 bits per heavy atom. The van der Waals surface area contributed by atoms with Gasteiger partial charge in [0.15, 0.2) is 5.65 Å². The maximum absolute atomic E-state index is 6.65. The van der Waals surface area contributed by atoms with Crippen molar-refractivity contribution < 1.29 is 0 Å². The van der Waals surface area contributed by atoms with E-state index >= 15 is 0 Å². The van der Waals surface area contributed by atoms with Crippen LogP contribution in [0.2, 0.25) is 0 Å². The second-order valence-corrected chi connectivity index (χ2v) is 9.33. The summed E-state index contributed by atoms with van der Waals surface area (Å²) in [5.74, 6) is 1.60. The number of nitrogens with zero attached hydrogens (tertiary/aromatic N) is 5. The van der Waals surface area contributed by atoms with Crippen LogP contribution in [0.4, 0.5) is 11.8 Å². The highest BCUT2D eigenvalue weighted by molar-refractivity contribution is 5.99. The van der Waals surface area contributed by atoms with E-state index in [0.29, 0.717) is 23.3 Å². The van der Waals surface area contributed by atoms with Crippen LogP contribution in [0.5, 0.6) is 0 Å². The average molecular weight is 456 g/mol. The molecule has 3 N–H and O–H groups in total. The molecule has 0 amide bonds. The summed E-state index contributed by atoms with van der Waals surface area (Å²) < 4.78 is 1.77. The van der Waals surface area contributed by atoms with Crippen molar-refractivity contribution in [1.29, 1.82) is 0 Å². The topological polar surface area (TPSA) is 84.9 Å². The summed E-state index contributed by atoms with van der Waals surface area (Å²) in [5.41, 5.74) is 11.2. The maximum Gasteiger partial charge on any atom is 0.225 e. The minimum absolute atomic E-state index is 0.470. The highest BCUT2D eigenvalue weighted by Gasteiger charge is 2.19. The van der Waals surface area contributed by atoms with E-state index < -0.39 is 0 Å². The van der Waals surface area contributed by atoms with E-state index in [-0.39, 0.29) is 0 Å². The summed E-state index contributed by atoms with van der Waals surface area (Å²) in [6, 6.07) is 18.5. The van der Waals surface area contributed by atoms with Gasteiger partial charge in [-0.15, -0.1) is 5.10 Å². The first-order valence-electron chi connectivity index (χ1n) is 12.3. The third kappa shape index (κ3) is 4.61. The lowest BCUT2D eigenvalue weighted by molar-refractivity contribution is 0.237. The Balaban J connectivity index is 1.51. The standard InChI is InChI=1S/C27H33N7/c1-19(2)20-11-13-22(14-12-20)34-25(28)23-24(21-9-5-3-6-10-21)30-27(31-26(23)32-34)29-15-18-33-16-7-4-8-17-33/h3,5-6,9-14,19H,4,7-8,15-18,28H2,1-2H3,(H,29,31,32). The minimum atomic E-state index is 0.470. The number of nitrogen functional groups attached to an aromatic ring is 1. The van der Waals surface area contributed by atoms with Crippen molar-refractivity contribution >= 4 is 22.8 Å². The molecule has 1 saturated heterocycles. The van der Waals surface area contributed by atoms with Crippen molar-refractivity contribution in [3.63, 3.8) is 0 Å². The Bertz CT molecular complexity index is 1240. The van der Waals surface area contributed by atoms with Gasteiger partial charge in [-0.1, -0.05) is 62.7 Å². The molecule has 1 aliphatic rings. The quantitative estimate of drug-likeness (QED) is 0.404. The molecule has 1 aliphatic heterocycles. The number of fused-ring (bicyclic) bond motifs is 1. The number of anilines is 2. The summed E-state index contributed by atoms with van der Waals surface area (Å²) in [4.78, 5) is 12.1. The molecule has 34 heavy (non-hydrogen) atoms. The number of benzene rings is 2. The zero-order valence-electron chi connectivity index (χ0n) is 20.0. The van der Waals surface area contributed by atoms with Crippen LogP contribution in [0.15, 0.2) is 54.6 Å². The SMILES string of the molecule is CC(C)c1ccc(-n2nc3nc(NCCN4CCCCC4)nc(-c4ccccc4)c3c2N)cc1. The lowest BCUT2D eigenvalue weighted by Crippen LogP contribution is -2.33. The van der Waals surface area contributed by atoms with Gasteiger partial charge >= 0.3 is 0 Å². The van der Waals surface area contributed by atoms with Crippen molar-refractivity contribution in [2.24, 2.45) is 0 Å². The first kappa shape index (κ1) is 22.3. The Hall–Kier alpha value is -3.45. The second kappa shape index (κ2) is 9.81. The number of nitrogens with one attached hydrogen (secondary N) is 1. The van der Waals surface area contributed by atoms with Crippen LogP contribution in [-0.4, -0.2) is 50.8 Å². The largest absolute Gasteiger partial charge is 0.383 e. The average Bonchev–Trinajstić information content (AvgIpc) is 3.21. The smallest absolute Gasteiger partial charge is 0.225 e. The molecule has 0 saturated carbocycles. The van der Waals surface area contributed by atoms with Crippen LogP contribution < -0.4 is 11.1 Å². The van der Waals surface area contributed by atoms with Gasteiger partial charge in [0, 0.05) is 18.7 Å². The number of aromatic nitrogens is 4. The van der Waals surface area contributed by atoms with Crippen molar-refractivity contribution in [3.05, 3.63) is 60.2 Å². The third-order valence-electron chi connectivity index (χ3n) is 6.58. The van der Waals surface area contributed by atoms with Crippen LogP contribution in [0.25, 0.3) is 28.0 Å². The fraction of sp³-hybridized carbons (Fsp3) is 0.370. The first-order chi connectivity index (χ1) is 16.6. The third-order valence-corrected chi connectivity index (χ3v) is 6.58. The van der Waals surface area contributed by atoms with Crippen LogP contribution in [0, 0.1) is 0 Å². The fourth-order valence-corrected chi connectivity index (χ4v) is 4.60. The van der Waals surface area contributed by atoms with E-state index in [0.717, 1.165) is 35.4 Å². The molecule has 0 radical (unpaired) electrons. The highest BCUT2D eigenvalue weighted by atomic mass is 15.3. The molecule has 2 aromatic heterocycles. The maximum atomic E-state index is 6.65. The van der Waals surface area contributed by atoms with Gasteiger partial charge in [-0.05, 0) is 49.5 Å². The summed E-state index contributed by atoms with van der Waals surface area (Å²) in [7, 11) is 0. The van der Waals surface area contributed by atoms with Crippen LogP contribution in [-0.2, 0) is 0 Å². The molecular weight excluding hydrogens is 422 g/mol. The zero-order valence-corrected chi connectivity index (χ0v) is 20.0. The van der Waals surface area contributed by atoms with Gasteiger partial charge in [-0.2, -0.15) is 4.98 Å². The molecule has 2 aromatic carbocycles. The number of nitrogens with two attached hydrogens (primary N) is 1. The summed E-state index contributed by atoms with van der Waals surface area (Å²) >= 11 is 0. The van der Waals surface area contributed by atoms with Crippen molar-refractivity contribution in [2.45, 2.75) is 39.0 Å². The Labute approximate surface area is 201 Å². The van der Waals surface area contributed by atoms with Crippen molar-refractivity contribution in [2.75, 3.05) is 37.2 Å². The van der Waals surface area contributed by atoms with Crippen LogP contribution in [0.3, 0.4) is 0 Å². The van der Waals surface area contributed by atoms with E-state index in [2.05, 4.69) is 48.3 Å². The number of hydrogen-bond donors (Lipinski definition) is 2. The van der Waals surface area contributed by atoms with Crippen LogP contribution >= 0.6 is 0 Å². The molecule has 0 unspecified atom stereocenters. The Kier molecular flexibility index (Phi) is 6.45. The van der Waals surface area contributed by atoms with E-state index in [1.807, 2.05) is 30.3 Å². The van der Waals surface area contributed by atoms with Gasteiger partial charge < -0.3 is 16.0 Å². The minimum Gasteiger partial charge on any atom is -0.383 e. The number of piperidine rings is 1. The van der Waals surface area contributed by atoms with E-state index in [9.17, 15) is 0 Å². The molecule has 0 bridgehead atoms. The zero-order chi connectivity index (χ0) is 23.5. The van der Waals surface area contributed by atoms with Gasteiger partial charge in [-0.3, -0.25) is 0 Å². The molecular formula is C27H33N7. The van der Waals surface area contributed by atoms with Crippen molar-refractivity contribution in [1.82, 2.24) is 24.6 Å². The molecule has 7 nitrogen and oxygen atoms in total. The molecule has 7 heteroatoms. The van der Waals surface area contributed by atoms with Gasteiger partial charge in [0.2, 0.25) is 5.95 Å². The number of hydrogen-bond acceptors (Lipinski definition) is 6. The second-order valence-electron chi connectivity index (χ2n) is 9.33. The molecule has 176 valence electrons. The predicted octanol–water partition coefficient (Wildman–Crippen LogP) is 5.09. The predicted molar refractivity (Wildman–Crippen MR) is 139 cm³/mol. The van der Waals surface area contributed by atoms with Crippen molar-refractivity contribution in [3.8, 4) is 16.9 Å². The van der Waals surface area contributed by atoms with E-state index in [1.165, 1.54) is 37.9 Å².